The molecule has 25 heavy (non-hydrogen) atoms. The Morgan fingerprint density at radius 2 is 1.68 bits per heavy atom. The highest BCUT2D eigenvalue weighted by Gasteiger charge is 2.11. The van der Waals surface area contributed by atoms with E-state index >= 15 is 0 Å². The van der Waals surface area contributed by atoms with Crippen LogP contribution in [0.2, 0.25) is 15.2 Å². The Kier molecular flexibility index (Phi) is 5.27. The Hall–Kier alpha value is -2.08. The number of halogens is 4. The third kappa shape index (κ3) is 4.12. The lowest BCUT2D eigenvalue weighted by Crippen LogP contribution is -1.99. The summed E-state index contributed by atoms with van der Waals surface area (Å²) in [7, 11) is 1.51. The standard InChI is InChI=1S/C17H11Cl3FN3O/c1-25-14-7-13(11(18)6-12(14)19)22-16-8-15(20)23-17(24-16)9-2-4-10(21)5-3-9/h2-8H,1H3,(H,22,23,24). The zero-order valence-electron chi connectivity index (χ0n) is 12.9. The van der Waals surface area contributed by atoms with E-state index in [2.05, 4.69) is 15.3 Å². The SMILES string of the molecule is COc1cc(Nc2cc(Cl)nc(-c3ccc(F)cc3)n2)c(Cl)cc1Cl. The number of hydrogen-bond acceptors (Lipinski definition) is 4. The molecule has 4 nitrogen and oxygen atoms in total. The lowest BCUT2D eigenvalue weighted by molar-refractivity contribution is 0.415. The van der Waals surface area contributed by atoms with Crippen LogP contribution in [0.15, 0.2) is 42.5 Å². The number of nitrogens with one attached hydrogen (secondary N) is 1. The Bertz CT molecular complexity index is 920. The van der Waals surface area contributed by atoms with Crippen LogP contribution in [-0.4, -0.2) is 17.1 Å². The van der Waals surface area contributed by atoms with Gasteiger partial charge >= 0.3 is 0 Å². The van der Waals surface area contributed by atoms with Gasteiger partial charge in [0.2, 0.25) is 0 Å². The van der Waals surface area contributed by atoms with Gasteiger partial charge in [-0.3, -0.25) is 0 Å². The lowest BCUT2D eigenvalue weighted by Gasteiger charge is -2.12. The molecule has 0 aliphatic carbocycles. The summed E-state index contributed by atoms with van der Waals surface area (Å²) in [6.45, 7) is 0. The number of nitrogens with zero attached hydrogens (tertiary/aromatic N) is 2. The number of rotatable bonds is 4. The Morgan fingerprint density at radius 3 is 2.36 bits per heavy atom. The van der Waals surface area contributed by atoms with Crippen LogP contribution >= 0.6 is 34.8 Å². The first-order valence-electron chi connectivity index (χ1n) is 7.07. The number of anilines is 2. The molecule has 0 unspecified atom stereocenters. The summed E-state index contributed by atoms with van der Waals surface area (Å²) in [5.41, 5.74) is 1.18. The Morgan fingerprint density at radius 1 is 0.960 bits per heavy atom. The maximum Gasteiger partial charge on any atom is 0.163 e. The highest BCUT2D eigenvalue weighted by molar-refractivity contribution is 6.37. The van der Waals surface area contributed by atoms with Crippen LogP contribution in [0.3, 0.4) is 0 Å². The quantitative estimate of drug-likeness (QED) is 0.548. The predicted octanol–water partition coefficient (Wildman–Crippen LogP) is 6.00. The summed E-state index contributed by atoms with van der Waals surface area (Å²) in [6, 6.07) is 10.6. The van der Waals surface area contributed by atoms with Crippen molar-refractivity contribution in [2.45, 2.75) is 0 Å². The minimum absolute atomic E-state index is 0.230. The number of aromatic nitrogens is 2. The second kappa shape index (κ2) is 7.44. The first kappa shape index (κ1) is 17.7. The van der Waals surface area contributed by atoms with Gasteiger partial charge < -0.3 is 10.1 Å². The van der Waals surface area contributed by atoms with E-state index in [1.165, 1.54) is 19.2 Å². The van der Waals surface area contributed by atoms with Crippen molar-refractivity contribution in [2.24, 2.45) is 0 Å². The van der Waals surface area contributed by atoms with Crippen LogP contribution in [0, 0.1) is 5.82 Å². The minimum Gasteiger partial charge on any atom is -0.495 e. The van der Waals surface area contributed by atoms with Gasteiger partial charge in [0.15, 0.2) is 5.82 Å². The maximum absolute atomic E-state index is 13.1. The van der Waals surface area contributed by atoms with Crippen LogP contribution in [0.25, 0.3) is 11.4 Å². The molecule has 1 N–H and O–H groups in total. The molecule has 0 aliphatic rings. The summed E-state index contributed by atoms with van der Waals surface area (Å²) in [4.78, 5) is 8.54. The van der Waals surface area contributed by atoms with Gasteiger partial charge in [0, 0.05) is 17.7 Å². The first-order chi connectivity index (χ1) is 12.0. The lowest BCUT2D eigenvalue weighted by atomic mass is 10.2. The van der Waals surface area contributed by atoms with Crippen molar-refractivity contribution >= 4 is 46.3 Å². The van der Waals surface area contributed by atoms with E-state index in [0.29, 0.717) is 38.7 Å². The second-order valence-corrected chi connectivity index (χ2v) is 6.20. The zero-order valence-corrected chi connectivity index (χ0v) is 15.1. The molecule has 0 amide bonds. The van der Waals surface area contributed by atoms with Gasteiger partial charge in [0.1, 0.15) is 22.5 Å². The van der Waals surface area contributed by atoms with Crippen LogP contribution in [0.1, 0.15) is 0 Å². The van der Waals surface area contributed by atoms with E-state index in [1.54, 1.807) is 30.3 Å². The second-order valence-electron chi connectivity index (χ2n) is 5.00. The molecule has 0 aliphatic heterocycles. The van der Waals surface area contributed by atoms with Gasteiger partial charge in [-0.05, 0) is 30.3 Å². The summed E-state index contributed by atoms with van der Waals surface area (Å²) in [5, 5.41) is 4.07. The summed E-state index contributed by atoms with van der Waals surface area (Å²) in [6.07, 6.45) is 0. The molecule has 128 valence electrons. The summed E-state index contributed by atoms with van der Waals surface area (Å²) >= 11 is 18.3. The van der Waals surface area contributed by atoms with E-state index < -0.39 is 0 Å². The molecular formula is C17H11Cl3FN3O. The average molecular weight is 399 g/mol. The van der Waals surface area contributed by atoms with Gasteiger partial charge in [-0.25, -0.2) is 14.4 Å². The smallest absolute Gasteiger partial charge is 0.163 e. The number of methoxy groups -OCH3 is 1. The molecule has 3 rings (SSSR count). The minimum atomic E-state index is -0.343. The van der Waals surface area contributed by atoms with Gasteiger partial charge in [0.25, 0.3) is 0 Å². The van der Waals surface area contributed by atoms with Crippen LogP contribution < -0.4 is 10.1 Å². The zero-order chi connectivity index (χ0) is 18.0. The predicted molar refractivity (Wildman–Crippen MR) is 98.7 cm³/mol. The van der Waals surface area contributed by atoms with E-state index in [9.17, 15) is 4.39 Å². The van der Waals surface area contributed by atoms with Crippen molar-refractivity contribution < 1.29 is 9.13 Å². The topological polar surface area (TPSA) is 47.0 Å². The fourth-order valence-electron chi connectivity index (χ4n) is 2.13. The van der Waals surface area contributed by atoms with E-state index in [1.807, 2.05) is 0 Å². The van der Waals surface area contributed by atoms with Crippen molar-refractivity contribution in [1.29, 1.82) is 0 Å². The van der Waals surface area contributed by atoms with Gasteiger partial charge in [-0.15, -0.1) is 0 Å². The number of hydrogen-bond donors (Lipinski definition) is 1. The molecule has 0 fully saturated rings. The highest BCUT2D eigenvalue weighted by Crippen LogP contribution is 2.35. The van der Waals surface area contributed by atoms with E-state index in [4.69, 9.17) is 39.5 Å². The fraction of sp³-hybridized carbons (Fsp3) is 0.0588. The Balaban J connectivity index is 1.97. The maximum atomic E-state index is 13.1. The largest absolute Gasteiger partial charge is 0.495 e. The summed E-state index contributed by atoms with van der Waals surface area (Å²) < 4.78 is 18.3. The van der Waals surface area contributed by atoms with Crippen molar-refractivity contribution in [3.63, 3.8) is 0 Å². The number of ether oxygens (including phenoxy) is 1. The first-order valence-corrected chi connectivity index (χ1v) is 8.20. The molecule has 0 saturated carbocycles. The van der Waals surface area contributed by atoms with Crippen LogP contribution in [0.4, 0.5) is 15.9 Å². The Labute approximate surface area is 158 Å². The molecule has 0 atom stereocenters. The van der Waals surface area contributed by atoms with E-state index in [0.717, 1.165) is 0 Å². The molecule has 0 spiro atoms. The third-order valence-electron chi connectivity index (χ3n) is 3.30. The van der Waals surface area contributed by atoms with Crippen molar-refractivity contribution in [3.05, 3.63) is 63.5 Å². The monoisotopic (exact) mass is 397 g/mol. The third-order valence-corrected chi connectivity index (χ3v) is 4.10. The molecular weight excluding hydrogens is 388 g/mol. The molecule has 1 heterocycles. The number of benzene rings is 2. The van der Waals surface area contributed by atoms with Crippen molar-refractivity contribution in [2.75, 3.05) is 12.4 Å². The molecule has 8 heteroatoms. The molecule has 3 aromatic rings. The molecule has 0 radical (unpaired) electrons. The normalized spacial score (nSPS) is 10.6. The highest BCUT2D eigenvalue weighted by atomic mass is 35.5. The molecule has 2 aromatic carbocycles. The molecule has 0 saturated heterocycles. The fourth-order valence-corrected chi connectivity index (χ4v) is 2.82. The van der Waals surface area contributed by atoms with Gasteiger partial charge in [0.05, 0.1) is 22.8 Å². The van der Waals surface area contributed by atoms with Crippen LogP contribution in [-0.2, 0) is 0 Å². The van der Waals surface area contributed by atoms with Crippen molar-refractivity contribution in [1.82, 2.24) is 9.97 Å². The van der Waals surface area contributed by atoms with E-state index in [-0.39, 0.29) is 11.0 Å². The molecule has 1 aromatic heterocycles. The van der Waals surface area contributed by atoms with Crippen LogP contribution in [0.5, 0.6) is 5.75 Å². The molecule has 0 bridgehead atoms. The van der Waals surface area contributed by atoms with Crippen molar-refractivity contribution in [3.8, 4) is 17.1 Å². The summed E-state index contributed by atoms with van der Waals surface area (Å²) in [5.74, 6) is 0.897. The van der Waals surface area contributed by atoms with Gasteiger partial charge in [-0.2, -0.15) is 0 Å². The van der Waals surface area contributed by atoms with Gasteiger partial charge in [-0.1, -0.05) is 34.8 Å². The average Bonchev–Trinajstić information content (AvgIpc) is 2.57.